The number of carboxylic acid groups (broad SMARTS) is 5. The molecular formula is C11HAg5O10. The van der Waals surface area contributed by atoms with Gasteiger partial charge in [0.25, 0.3) is 0 Å². The van der Waals surface area contributed by atoms with E-state index in [-0.39, 0.29) is 118 Å². The molecule has 0 spiro atoms. The van der Waals surface area contributed by atoms with Gasteiger partial charge in [0.1, 0.15) is 0 Å². The van der Waals surface area contributed by atoms with Gasteiger partial charge in [-0.25, -0.2) is 0 Å². The molecule has 1 aromatic carbocycles. The van der Waals surface area contributed by atoms with Crippen molar-refractivity contribution in [3.63, 3.8) is 0 Å². The second-order valence-corrected chi connectivity index (χ2v) is 3.53. The van der Waals surface area contributed by atoms with E-state index in [4.69, 9.17) is 0 Å². The van der Waals surface area contributed by atoms with Crippen LogP contribution >= 0.6 is 0 Å². The Morgan fingerprint density at radius 2 is 0.692 bits per heavy atom. The van der Waals surface area contributed by atoms with Crippen molar-refractivity contribution >= 4 is 29.8 Å². The van der Waals surface area contributed by atoms with Gasteiger partial charge in [0.05, 0.1) is 29.8 Å². The molecule has 15 heteroatoms. The third kappa shape index (κ3) is 8.10. The van der Waals surface area contributed by atoms with Gasteiger partial charge < -0.3 is 49.5 Å². The number of benzene rings is 1. The van der Waals surface area contributed by atoms with Crippen LogP contribution in [0.5, 0.6) is 0 Å². The van der Waals surface area contributed by atoms with Crippen molar-refractivity contribution in [1.29, 1.82) is 0 Å². The molecular weight excluding hydrogens is 831 g/mol. The Hall–Kier alpha value is 0.271. The number of rotatable bonds is 5. The van der Waals surface area contributed by atoms with Gasteiger partial charge in [-0.2, -0.15) is 0 Å². The second-order valence-electron chi connectivity index (χ2n) is 3.53. The van der Waals surface area contributed by atoms with Crippen LogP contribution in [0, 0.1) is 0 Å². The van der Waals surface area contributed by atoms with Gasteiger partial charge in [-0.15, -0.1) is 0 Å². The van der Waals surface area contributed by atoms with E-state index in [1.807, 2.05) is 0 Å². The van der Waals surface area contributed by atoms with E-state index in [2.05, 4.69) is 0 Å². The summed E-state index contributed by atoms with van der Waals surface area (Å²) in [5.74, 6) is -11.8. The molecule has 0 bridgehead atoms. The Morgan fingerprint density at radius 3 is 0.846 bits per heavy atom. The minimum absolute atomic E-state index is 0. The van der Waals surface area contributed by atoms with Crippen LogP contribution in [-0.4, -0.2) is 29.8 Å². The van der Waals surface area contributed by atoms with Crippen LogP contribution in [-0.2, 0) is 112 Å². The Morgan fingerprint density at radius 1 is 0.462 bits per heavy atom. The number of hydrogen-bond donors (Lipinski definition) is 0. The fourth-order valence-corrected chi connectivity index (χ4v) is 1.63. The summed E-state index contributed by atoms with van der Waals surface area (Å²) in [6, 6.07) is 0.0629. The molecule has 0 aliphatic carbocycles. The maximum absolute atomic E-state index is 10.9. The fourth-order valence-electron chi connectivity index (χ4n) is 1.63. The first kappa shape index (κ1) is 37.1. The van der Waals surface area contributed by atoms with Gasteiger partial charge in [0.2, 0.25) is 0 Å². The molecule has 0 heterocycles. The normalized spacial score (nSPS) is 8.00. The molecule has 0 aromatic heterocycles. The summed E-state index contributed by atoms with van der Waals surface area (Å²) in [5, 5.41) is 54.1. The van der Waals surface area contributed by atoms with Gasteiger partial charge in [-0.1, -0.05) is 0 Å². The van der Waals surface area contributed by atoms with Gasteiger partial charge in [-0.05, 0) is 6.07 Å². The monoisotopic (exact) mass is 827 g/mol. The van der Waals surface area contributed by atoms with Crippen LogP contribution in [0.25, 0.3) is 0 Å². The molecule has 0 atom stereocenters. The summed E-state index contributed by atoms with van der Waals surface area (Å²) < 4.78 is 0. The smallest absolute Gasteiger partial charge is 0.545 e. The summed E-state index contributed by atoms with van der Waals surface area (Å²) in [6.07, 6.45) is 0. The van der Waals surface area contributed by atoms with Crippen LogP contribution in [0.1, 0.15) is 51.8 Å². The minimum atomic E-state index is -2.46. The quantitative estimate of drug-likeness (QED) is 0.257. The molecule has 0 saturated carbocycles. The number of carbonyl (C=O) groups excluding carboxylic acids is 5. The number of hydrogen-bond acceptors (Lipinski definition) is 10. The van der Waals surface area contributed by atoms with Crippen molar-refractivity contribution in [2.45, 2.75) is 0 Å². The zero-order valence-corrected chi connectivity index (χ0v) is 18.6. The van der Waals surface area contributed by atoms with Crippen molar-refractivity contribution in [2.75, 3.05) is 0 Å². The molecule has 0 aliphatic heterocycles. The number of aromatic carboxylic acids is 5. The molecule has 0 aliphatic rings. The molecule has 0 unspecified atom stereocenters. The van der Waals surface area contributed by atoms with Crippen LogP contribution < -0.4 is 25.5 Å². The maximum atomic E-state index is 10.9. The van der Waals surface area contributed by atoms with E-state index in [1.165, 1.54) is 0 Å². The Balaban J connectivity index is -0.000000294. The van der Waals surface area contributed by atoms with Crippen molar-refractivity contribution in [2.24, 2.45) is 0 Å². The van der Waals surface area contributed by atoms with Crippen LogP contribution in [0.2, 0.25) is 0 Å². The van der Waals surface area contributed by atoms with Crippen LogP contribution in [0.4, 0.5) is 0 Å². The fraction of sp³-hybridized carbons (Fsp3) is 0. The predicted molar refractivity (Wildman–Crippen MR) is 48.1 cm³/mol. The van der Waals surface area contributed by atoms with Crippen molar-refractivity contribution in [1.82, 2.24) is 0 Å². The Kier molecular flexibility index (Phi) is 21.7. The summed E-state index contributed by atoms with van der Waals surface area (Å²) in [5.41, 5.74) is -7.79. The van der Waals surface area contributed by atoms with Gasteiger partial charge in [-0.3, -0.25) is 0 Å². The molecule has 0 radical (unpaired) electrons. The SMILES string of the molecule is O=C([O-])c1cc(C(=O)[O-])c(C(=O)[O-])c(C(=O)[O-])c1C(=O)[O-].[Ag+].[Ag+].[Ag+].[Ag+].[Ag+]. The van der Waals surface area contributed by atoms with Crippen molar-refractivity contribution in [3.8, 4) is 0 Å². The first-order chi connectivity index (χ1) is 9.59. The average Bonchev–Trinajstić information content (AvgIpc) is 2.34. The minimum Gasteiger partial charge on any atom is -0.545 e. The number of carbonyl (C=O) groups is 5. The van der Waals surface area contributed by atoms with Crippen molar-refractivity contribution < 1.29 is 161 Å². The Labute approximate surface area is 222 Å². The van der Waals surface area contributed by atoms with E-state index >= 15 is 0 Å². The van der Waals surface area contributed by atoms with E-state index in [0.717, 1.165) is 0 Å². The summed E-state index contributed by atoms with van der Waals surface area (Å²) >= 11 is 0. The van der Waals surface area contributed by atoms with Gasteiger partial charge in [0.15, 0.2) is 0 Å². The second kappa shape index (κ2) is 15.2. The first-order valence-electron chi connectivity index (χ1n) is 4.87. The molecule has 160 valence electrons. The summed E-state index contributed by atoms with van der Waals surface area (Å²) in [6.45, 7) is 0. The molecule has 0 N–H and O–H groups in total. The zero-order chi connectivity index (χ0) is 16.5. The molecule has 1 aromatic rings. The largest absolute Gasteiger partial charge is 1.00 e. The first-order valence-corrected chi connectivity index (χ1v) is 4.87. The summed E-state index contributed by atoms with van der Waals surface area (Å²) in [7, 11) is 0. The predicted octanol–water partition coefficient (Wildman–Crippen LogP) is -6.51. The summed E-state index contributed by atoms with van der Waals surface area (Å²) in [4.78, 5) is 54.1. The molecule has 26 heavy (non-hydrogen) atoms. The molecule has 10 nitrogen and oxygen atoms in total. The average molecular weight is 832 g/mol. The Bertz CT molecular complexity index is 668. The van der Waals surface area contributed by atoms with Gasteiger partial charge >= 0.3 is 112 Å². The molecule has 0 fully saturated rings. The standard InChI is InChI=1S/C11H6O10.5Ag/c12-7(13)2-1-3(8(14)15)5(10(18)19)6(11(20)21)4(2)9(16)17;;;;;/h1H,(H,12,13)(H,14,15)(H,16,17)(H,18,19)(H,20,21);;;;;/q;5*+1/p-5. The van der Waals surface area contributed by atoms with E-state index in [1.54, 1.807) is 0 Å². The maximum Gasteiger partial charge on any atom is 1.00 e. The van der Waals surface area contributed by atoms with Gasteiger partial charge in [0, 0.05) is 27.8 Å². The van der Waals surface area contributed by atoms with Crippen molar-refractivity contribution in [3.05, 3.63) is 33.9 Å². The van der Waals surface area contributed by atoms with E-state index < -0.39 is 57.7 Å². The molecule has 1 rings (SSSR count). The molecule has 0 saturated heterocycles. The van der Waals surface area contributed by atoms with E-state index in [9.17, 15) is 49.5 Å². The van der Waals surface area contributed by atoms with E-state index in [0.29, 0.717) is 0 Å². The van der Waals surface area contributed by atoms with Crippen LogP contribution in [0.15, 0.2) is 6.07 Å². The zero-order valence-electron chi connectivity index (χ0n) is 11.2. The third-order valence-corrected chi connectivity index (χ3v) is 2.38. The molecule has 0 amide bonds. The number of carboxylic acids is 5. The van der Waals surface area contributed by atoms with Crippen LogP contribution in [0.3, 0.4) is 0 Å². The topological polar surface area (TPSA) is 201 Å². The third-order valence-electron chi connectivity index (χ3n) is 2.38.